The lowest BCUT2D eigenvalue weighted by atomic mass is 10.1. The van der Waals surface area contributed by atoms with E-state index in [2.05, 4.69) is 10.6 Å². The van der Waals surface area contributed by atoms with Gasteiger partial charge in [0.1, 0.15) is 0 Å². The number of rotatable bonds is 4. The molecule has 2 saturated carbocycles. The van der Waals surface area contributed by atoms with Gasteiger partial charge in [0, 0.05) is 14.2 Å². The fourth-order valence-corrected chi connectivity index (χ4v) is 3.82. The van der Waals surface area contributed by atoms with Crippen LogP contribution in [0.15, 0.2) is 0 Å². The molecule has 2 fully saturated rings. The van der Waals surface area contributed by atoms with Gasteiger partial charge in [-0.3, -0.25) is 0 Å². The van der Waals surface area contributed by atoms with Crippen molar-refractivity contribution in [3.8, 4) is 0 Å². The predicted octanol–water partition coefficient (Wildman–Crippen LogP) is 2.98. The zero-order valence-corrected chi connectivity index (χ0v) is 14.1. The van der Waals surface area contributed by atoms with Gasteiger partial charge in [0.2, 0.25) is 0 Å². The zero-order chi connectivity index (χ0) is 15.8. The lowest BCUT2D eigenvalue weighted by molar-refractivity contribution is 0.0589. The molecule has 0 bridgehead atoms. The molecule has 0 aromatic rings. The molecule has 2 aliphatic carbocycles. The molecule has 0 saturated heterocycles. The minimum absolute atomic E-state index is 0.0668. The van der Waals surface area contributed by atoms with E-state index in [1.165, 1.54) is 25.7 Å². The third-order valence-corrected chi connectivity index (χ3v) is 5.14. The lowest BCUT2D eigenvalue weighted by Gasteiger charge is -2.28. The monoisotopic (exact) mass is 312 g/mol. The Hall–Kier alpha value is -0.810. The summed E-state index contributed by atoms with van der Waals surface area (Å²) in [4.78, 5) is 12.4. The number of urea groups is 1. The summed E-state index contributed by atoms with van der Waals surface area (Å²) in [6, 6.07) is 0.182. The number of amides is 2. The Bertz CT molecular complexity index is 308. The molecule has 2 rings (SSSR count). The van der Waals surface area contributed by atoms with Crippen molar-refractivity contribution in [1.29, 1.82) is 0 Å². The van der Waals surface area contributed by atoms with Gasteiger partial charge >= 0.3 is 6.03 Å². The summed E-state index contributed by atoms with van der Waals surface area (Å²) in [5.74, 6) is 0. The van der Waals surface area contributed by atoms with Crippen molar-refractivity contribution in [2.75, 3.05) is 14.2 Å². The minimum Gasteiger partial charge on any atom is -0.379 e. The summed E-state index contributed by atoms with van der Waals surface area (Å²) in [6.45, 7) is 0. The van der Waals surface area contributed by atoms with Crippen LogP contribution in [0.3, 0.4) is 0 Å². The lowest BCUT2D eigenvalue weighted by Crippen LogP contribution is -2.53. The van der Waals surface area contributed by atoms with Crippen LogP contribution in [0.25, 0.3) is 0 Å². The van der Waals surface area contributed by atoms with Crippen LogP contribution < -0.4 is 10.6 Å². The first-order chi connectivity index (χ1) is 10.7. The topological polar surface area (TPSA) is 59.6 Å². The summed E-state index contributed by atoms with van der Waals surface area (Å²) in [5.41, 5.74) is 0. The highest BCUT2D eigenvalue weighted by molar-refractivity contribution is 5.74. The minimum atomic E-state index is -0.0668. The van der Waals surface area contributed by atoms with Gasteiger partial charge in [-0.1, -0.05) is 38.5 Å². The van der Waals surface area contributed by atoms with Gasteiger partial charge in [0.25, 0.3) is 0 Å². The summed E-state index contributed by atoms with van der Waals surface area (Å²) in [5, 5.41) is 6.28. The van der Waals surface area contributed by atoms with Gasteiger partial charge in [-0.25, -0.2) is 4.79 Å². The number of methoxy groups -OCH3 is 2. The van der Waals surface area contributed by atoms with Crippen LogP contribution >= 0.6 is 0 Å². The third kappa shape index (κ3) is 5.13. The van der Waals surface area contributed by atoms with Crippen LogP contribution in [0.5, 0.6) is 0 Å². The van der Waals surface area contributed by atoms with Gasteiger partial charge < -0.3 is 20.1 Å². The average Bonchev–Trinajstić information content (AvgIpc) is 2.87. The van der Waals surface area contributed by atoms with Crippen LogP contribution in [0.1, 0.15) is 64.2 Å². The quantitative estimate of drug-likeness (QED) is 0.785. The van der Waals surface area contributed by atoms with Crippen molar-refractivity contribution >= 4 is 6.03 Å². The highest BCUT2D eigenvalue weighted by Gasteiger charge is 2.28. The van der Waals surface area contributed by atoms with Crippen LogP contribution in [0.2, 0.25) is 0 Å². The van der Waals surface area contributed by atoms with Crippen molar-refractivity contribution < 1.29 is 14.3 Å². The molecule has 22 heavy (non-hydrogen) atoms. The Morgan fingerprint density at radius 3 is 1.55 bits per heavy atom. The number of carbonyl (C=O) groups excluding carboxylic acids is 1. The van der Waals surface area contributed by atoms with Crippen molar-refractivity contribution in [3.63, 3.8) is 0 Å². The molecule has 2 aliphatic rings. The van der Waals surface area contributed by atoms with E-state index in [1.807, 2.05) is 0 Å². The smallest absolute Gasteiger partial charge is 0.315 e. The van der Waals surface area contributed by atoms with Crippen molar-refractivity contribution in [2.24, 2.45) is 0 Å². The van der Waals surface area contributed by atoms with E-state index in [1.54, 1.807) is 14.2 Å². The van der Waals surface area contributed by atoms with Crippen LogP contribution in [0.4, 0.5) is 4.79 Å². The van der Waals surface area contributed by atoms with E-state index in [-0.39, 0.29) is 30.3 Å². The molecule has 128 valence electrons. The molecule has 0 aromatic carbocycles. The Balaban J connectivity index is 1.87. The van der Waals surface area contributed by atoms with Gasteiger partial charge in [-0.05, 0) is 25.7 Å². The van der Waals surface area contributed by atoms with E-state index in [0.29, 0.717) is 0 Å². The second-order valence-corrected chi connectivity index (χ2v) is 6.66. The molecule has 0 aliphatic heterocycles. The molecule has 0 radical (unpaired) electrons. The normalized spacial score (nSPS) is 33.5. The molecular formula is C17H32N2O3. The fourth-order valence-electron chi connectivity index (χ4n) is 3.82. The van der Waals surface area contributed by atoms with Crippen molar-refractivity contribution in [3.05, 3.63) is 0 Å². The summed E-state index contributed by atoms with van der Waals surface area (Å²) in [6.07, 6.45) is 11.5. The molecule has 5 nitrogen and oxygen atoms in total. The molecule has 4 atom stereocenters. The number of ether oxygens (including phenoxy) is 2. The molecule has 2 N–H and O–H groups in total. The third-order valence-electron chi connectivity index (χ3n) is 5.14. The first-order valence-electron chi connectivity index (χ1n) is 8.87. The Kier molecular flexibility index (Phi) is 7.46. The Labute approximate surface area is 134 Å². The Morgan fingerprint density at radius 1 is 0.727 bits per heavy atom. The zero-order valence-electron chi connectivity index (χ0n) is 14.1. The molecular weight excluding hydrogens is 280 g/mol. The van der Waals surface area contributed by atoms with Crippen LogP contribution in [-0.4, -0.2) is 44.5 Å². The van der Waals surface area contributed by atoms with Crippen molar-refractivity contribution in [1.82, 2.24) is 10.6 Å². The maximum absolute atomic E-state index is 12.4. The van der Waals surface area contributed by atoms with Crippen LogP contribution in [-0.2, 0) is 9.47 Å². The van der Waals surface area contributed by atoms with Gasteiger partial charge in [0.05, 0.1) is 24.3 Å². The number of carbonyl (C=O) groups is 1. The predicted molar refractivity (Wildman–Crippen MR) is 87.0 cm³/mol. The molecule has 0 unspecified atom stereocenters. The molecule has 0 spiro atoms. The number of nitrogens with one attached hydrogen (secondary N) is 2. The van der Waals surface area contributed by atoms with Gasteiger partial charge in [-0.2, -0.15) is 0 Å². The first kappa shape index (κ1) is 17.5. The van der Waals surface area contributed by atoms with E-state index in [9.17, 15) is 4.79 Å². The maximum Gasteiger partial charge on any atom is 0.315 e. The molecule has 0 heterocycles. The van der Waals surface area contributed by atoms with E-state index >= 15 is 0 Å². The highest BCUT2D eigenvalue weighted by atomic mass is 16.5. The number of hydrogen-bond donors (Lipinski definition) is 2. The largest absolute Gasteiger partial charge is 0.379 e. The molecule has 2 amide bonds. The highest BCUT2D eigenvalue weighted by Crippen LogP contribution is 2.22. The SMILES string of the molecule is CO[C@@H]1CCCCC[C@@H]1NC(=O)N[C@@H]1CCCCC[C@H]1OC. The summed E-state index contributed by atoms with van der Waals surface area (Å²) < 4.78 is 11.1. The van der Waals surface area contributed by atoms with Crippen LogP contribution in [0, 0.1) is 0 Å². The number of hydrogen-bond acceptors (Lipinski definition) is 3. The maximum atomic E-state index is 12.4. The summed E-state index contributed by atoms with van der Waals surface area (Å²) >= 11 is 0. The second-order valence-electron chi connectivity index (χ2n) is 6.66. The first-order valence-corrected chi connectivity index (χ1v) is 8.87. The van der Waals surface area contributed by atoms with Gasteiger partial charge in [-0.15, -0.1) is 0 Å². The average molecular weight is 312 g/mol. The Morgan fingerprint density at radius 2 is 1.14 bits per heavy atom. The second kappa shape index (κ2) is 9.36. The van der Waals surface area contributed by atoms with Gasteiger partial charge in [0.15, 0.2) is 0 Å². The standard InChI is InChI=1S/C17H32N2O3/c1-21-15-11-7-3-5-9-13(15)18-17(20)19-14-10-6-4-8-12-16(14)22-2/h13-16H,3-12H2,1-2H3,(H2,18,19,20)/t13-,14+,15-,16-/m1/s1. The van der Waals surface area contributed by atoms with Crippen molar-refractivity contribution in [2.45, 2.75) is 88.5 Å². The molecule has 5 heteroatoms. The molecule has 0 aromatic heterocycles. The summed E-state index contributed by atoms with van der Waals surface area (Å²) in [7, 11) is 3.49. The van der Waals surface area contributed by atoms with E-state index < -0.39 is 0 Å². The van der Waals surface area contributed by atoms with E-state index in [0.717, 1.165) is 38.5 Å². The van der Waals surface area contributed by atoms with E-state index in [4.69, 9.17) is 9.47 Å². The fraction of sp³-hybridized carbons (Fsp3) is 0.941.